The molecule has 0 amide bonds. The van der Waals surface area contributed by atoms with Gasteiger partial charge >= 0.3 is 0 Å². The number of rotatable bonds is 2. The van der Waals surface area contributed by atoms with Gasteiger partial charge in [0.1, 0.15) is 25.9 Å². The zero-order chi connectivity index (χ0) is 20.3. The second-order valence-corrected chi connectivity index (χ2v) is 7.01. The average Bonchev–Trinajstić information content (AvgIpc) is 2.73. The Morgan fingerprint density at radius 1 is 0.893 bits per heavy atom. The van der Waals surface area contributed by atoms with Crippen molar-refractivity contribution < 1.29 is 9.90 Å². The number of fused-ring (bicyclic) bond motifs is 2. The van der Waals surface area contributed by atoms with Crippen LogP contribution in [0.4, 0.5) is 0 Å². The van der Waals surface area contributed by atoms with Gasteiger partial charge in [0, 0.05) is 12.4 Å². The molecule has 0 atom stereocenters. The van der Waals surface area contributed by atoms with E-state index in [1.807, 2.05) is 0 Å². The second kappa shape index (κ2) is 8.55. The van der Waals surface area contributed by atoms with Crippen LogP contribution in [0.15, 0.2) is 67.3 Å². The Kier molecular flexibility index (Phi) is 6.12. The van der Waals surface area contributed by atoms with E-state index in [0.29, 0.717) is 27.7 Å². The highest BCUT2D eigenvalue weighted by Crippen LogP contribution is 2.10. The van der Waals surface area contributed by atoms with Gasteiger partial charge in [-0.1, -0.05) is 12.1 Å². The Morgan fingerprint density at radius 3 is 1.96 bits per heavy atom. The minimum Gasteiger partial charge on any atom is -0.390 e. The molecule has 1 N–H and O–H groups in total. The first-order valence-corrected chi connectivity index (χ1v) is 9.45. The fourth-order valence-corrected chi connectivity index (χ4v) is 3.16. The molecule has 0 aliphatic heterocycles. The molecule has 0 saturated carbocycles. The minimum atomic E-state index is -0.280. The standard InChI is InChI=1S/C9H7BrN2O2.C9H5BrN2O2/c2*10-8-6(5-13)11-7-3-1-2-4-12(7)9(8)14/h1-4,13H,5H2;1-5H. The third-order valence-corrected chi connectivity index (χ3v) is 5.26. The van der Waals surface area contributed by atoms with Gasteiger partial charge in [-0.2, -0.15) is 0 Å². The fourth-order valence-electron chi connectivity index (χ4n) is 2.38. The van der Waals surface area contributed by atoms with Gasteiger partial charge in [0.25, 0.3) is 11.1 Å². The highest BCUT2D eigenvalue weighted by Gasteiger charge is 2.09. The van der Waals surface area contributed by atoms with Crippen LogP contribution >= 0.6 is 31.9 Å². The topological polar surface area (TPSA) is 106 Å². The maximum Gasteiger partial charge on any atom is 0.272 e. The lowest BCUT2D eigenvalue weighted by atomic mass is 10.4. The summed E-state index contributed by atoms with van der Waals surface area (Å²) in [6.45, 7) is -0.249. The summed E-state index contributed by atoms with van der Waals surface area (Å²) in [7, 11) is 0. The molecular formula is C18H12Br2N4O4. The smallest absolute Gasteiger partial charge is 0.272 e. The molecule has 0 unspecified atom stereocenters. The molecule has 4 aromatic rings. The van der Waals surface area contributed by atoms with E-state index >= 15 is 0 Å². The first-order chi connectivity index (χ1) is 13.5. The normalized spacial score (nSPS) is 10.5. The summed E-state index contributed by atoms with van der Waals surface area (Å²) in [5, 5.41) is 8.96. The van der Waals surface area contributed by atoms with E-state index in [0.717, 1.165) is 0 Å². The van der Waals surface area contributed by atoms with Crippen LogP contribution in [0.3, 0.4) is 0 Å². The van der Waals surface area contributed by atoms with E-state index in [4.69, 9.17) is 5.11 Å². The molecule has 28 heavy (non-hydrogen) atoms. The third kappa shape index (κ3) is 3.79. The van der Waals surface area contributed by atoms with Crippen LogP contribution in [0.25, 0.3) is 11.3 Å². The first kappa shape index (κ1) is 20.1. The molecule has 0 spiro atoms. The van der Waals surface area contributed by atoms with Gasteiger partial charge in [0.2, 0.25) is 0 Å². The number of aliphatic hydroxyl groups excluding tert-OH is 1. The van der Waals surface area contributed by atoms with Gasteiger partial charge < -0.3 is 5.11 Å². The third-order valence-electron chi connectivity index (χ3n) is 3.71. The molecular weight excluding hydrogens is 496 g/mol. The fraction of sp³-hybridized carbons (Fsp3) is 0.0556. The minimum absolute atomic E-state index is 0.126. The van der Waals surface area contributed by atoms with Gasteiger partial charge in [-0.25, -0.2) is 9.97 Å². The quantitative estimate of drug-likeness (QED) is 0.417. The van der Waals surface area contributed by atoms with E-state index in [1.165, 1.54) is 8.80 Å². The van der Waals surface area contributed by atoms with Gasteiger partial charge in [-0.15, -0.1) is 0 Å². The van der Waals surface area contributed by atoms with Crippen molar-refractivity contribution in [2.45, 2.75) is 6.61 Å². The molecule has 4 heterocycles. The Balaban J connectivity index is 0.000000161. The lowest BCUT2D eigenvalue weighted by Crippen LogP contribution is -2.17. The Bertz CT molecular complexity index is 1300. The number of nitrogens with zero attached hydrogens (tertiary/aromatic N) is 4. The number of carbonyl (C=O) groups is 1. The number of pyridine rings is 2. The summed E-state index contributed by atoms with van der Waals surface area (Å²) >= 11 is 6.14. The van der Waals surface area contributed by atoms with Gasteiger partial charge in [-0.05, 0) is 56.1 Å². The zero-order valence-electron chi connectivity index (χ0n) is 14.1. The molecule has 0 saturated heterocycles. The maximum atomic E-state index is 11.7. The SMILES string of the molecule is O=Cc1nc2ccccn2c(=O)c1Br.O=c1c(Br)c(CO)nc2ccccn12. The molecule has 0 aliphatic carbocycles. The maximum absolute atomic E-state index is 11.7. The van der Waals surface area contributed by atoms with Crippen molar-refractivity contribution in [1.82, 2.24) is 18.8 Å². The number of carbonyl (C=O) groups excluding carboxylic acids is 1. The number of hydrogen-bond donors (Lipinski definition) is 1. The van der Waals surface area contributed by atoms with Crippen molar-refractivity contribution in [2.75, 3.05) is 0 Å². The zero-order valence-corrected chi connectivity index (χ0v) is 17.3. The lowest BCUT2D eigenvalue weighted by Gasteiger charge is -2.03. The average molecular weight is 508 g/mol. The van der Waals surface area contributed by atoms with Gasteiger partial charge in [-0.3, -0.25) is 23.2 Å². The van der Waals surface area contributed by atoms with Crippen LogP contribution in [0.1, 0.15) is 16.2 Å². The van der Waals surface area contributed by atoms with Crippen molar-refractivity contribution in [1.29, 1.82) is 0 Å². The van der Waals surface area contributed by atoms with Crippen LogP contribution in [0.5, 0.6) is 0 Å². The molecule has 0 radical (unpaired) electrons. The lowest BCUT2D eigenvalue weighted by molar-refractivity contribution is 0.111. The van der Waals surface area contributed by atoms with E-state index in [-0.39, 0.29) is 27.9 Å². The van der Waals surface area contributed by atoms with Gasteiger partial charge in [0.05, 0.1) is 12.3 Å². The van der Waals surface area contributed by atoms with Crippen LogP contribution in [-0.4, -0.2) is 30.2 Å². The van der Waals surface area contributed by atoms with Crippen molar-refractivity contribution in [2.24, 2.45) is 0 Å². The van der Waals surface area contributed by atoms with Crippen molar-refractivity contribution in [3.05, 3.63) is 89.8 Å². The Morgan fingerprint density at radius 2 is 1.43 bits per heavy atom. The van der Waals surface area contributed by atoms with Gasteiger partial charge in [0.15, 0.2) is 6.29 Å². The summed E-state index contributed by atoms with van der Waals surface area (Å²) in [6, 6.07) is 10.4. The molecule has 142 valence electrons. The molecule has 10 heteroatoms. The molecule has 0 aliphatic rings. The van der Waals surface area contributed by atoms with Crippen molar-refractivity contribution >= 4 is 49.4 Å². The molecule has 0 fully saturated rings. The monoisotopic (exact) mass is 506 g/mol. The van der Waals surface area contributed by atoms with Crippen LogP contribution in [0.2, 0.25) is 0 Å². The van der Waals surface area contributed by atoms with Crippen LogP contribution in [0, 0.1) is 0 Å². The first-order valence-electron chi connectivity index (χ1n) is 7.86. The summed E-state index contributed by atoms with van der Waals surface area (Å²) in [6.07, 6.45) is 3.79. The summed E-state index contributed by atoms with van der Waals surface area (Å²) in [4.78, 5) is 42.0. The van der Waals surface area contributed by atoms with Crippen molar-refractivity contribution in [3.8, 4) is 0 Å². The van der Waals surface area contributed by atoms with Crippen LogP contribution in [-0.2, 0) is 6.61 Å². The van der Waals surface area contributed by atoms with Crippen molar-refractivity contribution in [3.63, 3.8) is 0 Å². The number of halogens is 2. The predicted molar refractivity (Wildman–Crippen MR) is 110 cm³/mol. The number of aromatic nitrogens is 4. The highest BCUT2D eigenvalue weighted by molar-refractivity contribution is 9.10. The predicted octanol–water partition coefficient (Wildman–Crippen LogP) is 2.22. The number of aldehydes is 1. The molecule has 0 aromatic carbocycles. The number of aliphatic hydroxyl groups is 1. The number of hydrogen-bond acceptors (Lipinski definition) is 6. The summed E-state index contributed by atoms with van der Waals surface area (Å²) in [5.41, 5.74) is 0.993. The molecule has 4 rings (SSSR count). The van der Waals surface area contributed by atoms with Crippen LogP contribution < -0.4 is 11.1 Å². The van der Waals surface area contributed by atoms with E-state index < -0.39 is 0 Å². The van der Waals surface area contributed by atoms with E-state index in [2.05, 4.69) is 41.8 Å². The second-order valence-electron chi connectivity index (χ2n) is 5.43. The Hall–Kier alpha value is -2.69. The van der Waals surface area contributed by atoms with E-state index in [9.17, 15) is 14.4 Å². The Labute approximate surface area is 174 Å². The van der Waals surface area contributed by atoms with E-state index in [1.54, 1.807) is 48.8 Å². The summed E-state index contributed by atoms with van der Waals surface area (Å²) < 4.78 is 3.29. The molecule has 8 nitrogen and oxygen atoms in total. The highest BCUT2D eigenvalue weighted by atomic mass is 79.9. The molecule has 0 bridgehead atoms. The molecule has 4 aromatic heterocycles. The largest absolute Gasteiger partial charge is 0.390 e. The summed E-state index contributed by atoms with van der Waals surface area (Å²) in [5.74, 6) is 0.